The van der Waals surface area contributed by atoms with E-state index in [1.165, 1.54) is 0 Å². The minimum absolute atomic E-state index is 0.0672. The maximum absolute atomic E-state index is 13.0. The van der Waals surface area contributed by atoms with Gasteiger partial charge < -0.3 is 20.0 Å². The summed E-state index contributed by atoms with van der Waals surface area (Å²) in [5.41, 5.74) is 2.85. The number of fused-ring (bicyclic) bond motifs is 1. The molecule has 8 nitrogen and oxygen atoms in total. The maximum Gasteiger partial charge on any atom is 0.255 e. The molecule has 178 valence electrons. The van der Waals surface area contributed by atoms with E-state index < -0.39 is 6.04 Å². The zero-order chi connectivity index (χ0) is 23.4. The van der Waals surface area contributed by atoms with Crippen LogP contribution in [0.25, 0.3) is 0 Å². The van der Waals surface area contributed by atoms with Gasteiger partial charge in [0.05, 0.1) is 0 Å². The first-order valence-corrected chi connectivity index (χ1v) is 12.0. The first-order chi connectivity index (χ1) is 16.0. The van der Waals surface area contributed by atoms with Gasteiger partial charge in [0, 0.05) is 70.2 Å². The van der Waals surface area contributed by atoms with Gasteiger partial charge >= 0.3 is 0 Å². The number of anilines is 1. The number of allylic oxidation sites excluding steroid dienone is 1. The second kappa shape index (κ2) is 10.4. The van der Waals surface area contributed by atoms with E-state index in [0.717, 1.165) is 69.8 Å². The number of nitrogens with one attached hydrogen (secondary N) is 1. The van der Waals surface area contributed by atoms with Crippen molar-refractivity contribution < 1.29 is 14.4 Å². The van der Waals surface area contributed by atoms with Crippen LogP contribution in [0.4, 0.5) is 5.69 Å². The Labute approximate surface area is 196 Å². The van der Waals surface area contributed by atoms with E-state index in [9.17, 15) is 14.4 Å². The first-order valence-electron chi connectivity index (χ1n) is 12.0. The Bertz CT molecular complexity index is 888. The van der Waals surface area contributed by atoms with Gasteiger partial charge in [0.1, 0.15) is 6.04 Å². The second-order valence-corrected chi connectivity index (χ2v) is 9.17. The van der Waals surface area contributed by atoms with E-state index in [1.807, 2.05) is 17.0 Å². The van der Waals surface area contributed by atoms with E-state index in [4.69, 9.17) is 0 Å². The van der Waals surface area contributed by atoms with Crippen molar-refractivity contribution in [1.82, 2.24) is 20.0 Å². The minimum Gasteiger partial charge on any atom is -0.371 e. The molecule has 3 aliphatic heterocycles. The molecule has 0 aromatic heterocycles. The van der Waals surface area contributed by atoms with Crippen molar-refractivity contribution in [3.8, 4) is 0 Å². The summed E-state index contributed by atoms with van der Waals surface area (Å²) >= 11 is 0. The monoisotopic (exact) mass is 453 g/mol. The van der Waals surface area contributed by atoms with Gasteiger partial charge in [0.25, 0.3) is 5.91 Å². The summed E-state index contributed by atoms with van der Waals surface area (Å²) in [6.07, 6.45) is 6.20. The van der Waals surface area contributed by atoms with Crippen LogP contribution in [0, 0.1) is 0 Å². The Morgan fingerprint density at radius 3 is 2.55 bits per heavy atom. The van der Waals surface area contributed by atoms with Crippen LogP contribution >= 0.6 is 0 Å². The summed E-state index contributed by atoms with van der Waals surface area (Å²) in [5.74, 6) is -0.198. The molecule has 0 bridgehead atoms. The fourth-order valence-corrected chi connectivity index (χ4v) is 5.35. The van der Waals surface area contributed by atoms with Crippen molar-refractivity contribution in [3.05, 3.63) is 42.0 Å². The van der Waals surface area contributed by atoms with Gasteiger partial charge in [-0.05, 0) is 49.4 Å². The van der Waals surface area contributed by atoms with Crippen LogP contribution in [0.5, 0.6) is 0 Å². The summed E-state index contributed by atoms with van der Waals surface area (Å²) in [4.78, 5) is 44.9. The van der Waals surface area contributed by atoms with Gasteiger partial charge in [0.2, 0.25) is 12.3 Å². The lowest BCUT2D eigenvalue weighted by Gasteiger charge is -2.42. The molecule has 8 heteroatoms. The molecule has 1 atom stereocenters. The van der Waals surface area contributed by atoms with Crippen molar-refractivity contribution in [1.29, 1.82) is 0 Å². The lowest BCUT2D eigenvalue weighted by molar-refractivity contribution is -0.125. The predicted octanol–water partition coefficient (Wildman–Crippen LogP) is 1.47. The molecule has 1 aromatic rings. The third-order valence-electron chi connectivity index (χ3n) is 7.33. The molecule has 3 aliphatic rings. The highest BCUT2D eigenvalue weighted by Crippen LogP contribution is 2.31. The summed E-state index contributed by atoms with van der Waals surface area (Å²) in [7, 11) is 1.61. The number of nitrogens with zero attached hydrogens (tertiary/aromatic N) is 4. The molecule has 3 amide bonds. The number of amides is 3. The van der Waals surface area contributed by atoms with Crippen LogP contribution in [0.2, 0.25) is 0 Å². The lowest BCUT2D eigenvalue weighted by Crippen LogP contribution is -2.52. The van der Waals surface area contributed by atoms with Crippen LogP contribution in [0.15, 0.2) is 30.9 Å². The molecule has 1 aromatic carbocycles. The molecule has 2 saturated heterocycles. The third-order valence-corrected chi connectivity index (χ3v) is 7.33. The number of likely N-dealkylation sites (N-methyl/N-ethyl adjacent to an activating group) is 1. The van der Waals surface area contributed by atoms with E-state index in [-0.39, 0.29) is 11.8 Å². The maximum atomic E-state index is 13.0. The SMILES string of the molecule is C=CCCC(C(=O)NC)N1Cc2cc(N3CCC(N4CCN(C=O)CC4)CC3)ccc2C1=O. The van der Waals surface area contributed by atoms with Crippen molar-refractivity contribution in [2.24, 2.45) is 0 Å². The highest BCUT2D eigenvalue weighted by atomic mass is 16.2. The van der Waals surface area contributed by atoms with Gasteiger partial charge in [-0.3, -0.25) is 19.3 Å². The zero-order valence-electron chi connectivity index (χ0n) is 19.5. The molecule has 0 spiro atoms. The highest BCUT2D eigenvalue weighted by molar-refractivity contribution is 6.01. The number of hydrogen-bond donors (Lipinski definition) is 1. The number of hydrogen-bond acceptors (Lipinski definition) is 5. The Balaban J connectivity index is 1.39. The van der Waals surface area contributed by atoms with Crippen molar-refractivity contribution >= 4 is 23.9 Å². The van der Waals surface area contributed by atoms with Gasteiger partial charge in [0.15, 0.2) is 0 Å². The van der Waals surface area contributed by atoms with Crippen molar-refractivity contribution in [2.75, 3.05) is 51.2 Å². The van der Waals surface area contributed by atoms with E-state index in [0.29, 0.717) is 31.0 Å². The summed E-state index contributed by atoms with van der Waals surface area (Å²) in [5, 5.41) is 2.70. The molecule has 33 heavy (non-hydrogen) atoms. The average molecular weight is 454 g/mol. The molecule has 1 unspecified atom stereocenters. The molecule has 1 N–H and O–H groups in total. The Kier molecular flexibility index (Phi) is 7.33. The first kappa shape index (κ1) is 23.3. The third kappa shape index (κ3) is 4.90. The summed E-state index contributed by atoms with van der Waals surface area (Å²) in [6, 6.07) is 6.19. The standard InChI is InChI=1S/C25H35N5O3/c1-3-4-5-23(24(32)26-2)30-17-19-16-21(6-7-22(19)25(30)33)28-10-8-20(9-11-28)29-14-12-27(18-31)13-15-29/h3,6-7,16,18,20,23H,1,4-5,8-15,17H2,2H3,(H,26,32). The summed E-state index contributed by atoms with van der Waals surface area (Å²) in [6.45, 7) is 9.74. The number of carbonyl (C=O) groups is 3. The zero-order valence-corrected chi connectivity index (χ0v) is 19.5. The normalized spacial score (nSPS) is 20.5. The fourth-order valence-electron chi connectivity index (χ4n) is 5.35. The molecule has 0 saturated carbocycles. The van der Waals surface area contributed by atoms with Gasteiger partial charge in [-0.15, -0.1) is 6.58 Å². The Morgan fingerprint density at radius 2 is 1.91 bits per heavy atom. The molecule has 3 heterocycles. The molecule has 0 aliphatic carbocycles. The van der Waals surface area contributed by atoms with Crippen molar-refractivity contribution in [3.63, 3.8) is 0 Å². The largest absolute Gasteiger partial charge is 0.371 e. The van der Waals surface area contributed by atoms with Gasteiger partial charge in [-0.1, -0.05) is 6.08 Å². The fraction of sp³-hybridized carbons (Fsp3) is 0.560. The Hall–Kier alpha value is -2.87. The molecular formula is C25H35N5O3. The molecule has 4 rings (SSSR count). The molecule has 2 fully saturated rings. The van der Waals surface area contributed by atoms with Crippen LogP contribution in [0.1, 0.15) is 41.6 Å². The number of benzene rings is 1. The lowest BCUT2D eigenvalue weighted by atomic mass is 10.0. The minimum atomic E-state index is -0.480. The average Bonchev–Trinajstić information content (AvgIpc) is 3.19. The number of rotatable bonds is 8. The molecular weight excluding hydrogens is 418 g/mol. The van der Waals surface area contributed by atoms with Gasteiger partial charge in [-0.25, -0.2) is 0 Å². The highest BCUT2D eigenvalue weighted by Gasteiger charge is 2.36. The van der Waals surface area contributed by atoms with Crippen LogP contribution in [0.3, 0.4) is 0 Å². The van der Waals surface area contributed by atoms with Crippen LogP contribution in [-0.4, -0.2) is 91.3 Å². The predicted molar refractivity (Wildman–Crippen MR) is 128 cm³/mol. The molecule has 0 radical (unpaired) electrons. The van der Waals surface area contributed by atoms with Crippen LogP contribution < -0.4 is 10.2 Å². The van der Waals surface area contributed by atoms with E-state index in [2.05, 4.69) is 27.8 Å². The smallest absolute Gasteiger partial charge is 0.255 e. The van der Waals surface area contributed by atoms with E-state index in [1.54, 1.807) is 18.0 Å². The number of piperidine rings is 1. The quantitative estimate of drug-likeness (QED) is 0.477. The second-order valence-electron chi connectivity index (χ2n) is 9.17. The van der Waals surface area contributed by atoms with Gasteiger partial charge in [-0.2, -0.15) is 0 Å². The summed E-state index contributed by atoms with van der Waals surface area (Å²) < 4.78 is 0. The number of carbonyl (C=O) groups excluding carboxylic acids is 3. The Morgan fingerprint density at radius 1 is 1.18 bits per heavy atom. The topological polar surface area (TPSA) is 76.2 Å². The van der Waals surface area contributed by atoms with Crippen LogP contribution in [-0.2, 0) is 16.1 Å². The van der Waals surface area contributed by atoms with Crippen molar-refractivity contribution in [2.45, 2.75) is 44.3 Å². The van der Waals surface area contributed by atoms with E-state index >= 15 is 0 Å². The number of piperazine rings is 1.